The molecule has 1 aliphatic carbocycles. The van der Waals surface area contributed by atoms with Gasteiger partial charge in [-0.05, 0) is 60.8 Å². The third kappa shape index (κ3) is 5.71. The van der Waals surface area contributed by atoms with Crippen molar-refractivity contribution in [2.75, 3.05) is 0 Å². The van der Waals surface area contributed by atoms with Gasteiger partial charge in [-0.1, -0.05) is 76.3 Å². The van der Waals surface area contributed by atoms with Crippen molar-refractivity contribution in [1.29, 1.82) is 0 Å². The molecule has 0 saturated heterocycles. The van der Waals surface area contributed by atoms with Gasteiger partial charge in [0.05, 0.1) is 6.26 Å². The quantitative estimate of drug-likeness (QED) is 0.280. The summed E-state index contributed by atoms with van der Waals surface area (Å²) >= 11 is 0. The van der Waals surface area contributed by atoms with Gasteiger partial charge in [0, 0.05) is 5.56 Å². The van der Waals surface area contributed by atoms with Gasteiger partial charge in [-0.3, -0.25) is 0 Å². The Hall–Kier alpha value is -2.16. The number of rotatable bonds is 10. The minimum absolute atomic E-state index is 0.148. The van der Waals surface area contributed by atoms with E-state index in [-0.39, 0.29) is 11.3 Å². The Balaban J connectivity index is 1.55. The van der Waals surface area contributed by atoms with Crippen LogP contribution in [-0.2, 0) is 0 Å². The Morgan fingerprint density at radius 3 is 2.27 bits per heavy atom. The zero-order chi connectivity index (χ0) is 21.3. The minimum atomic E-state index is -0.982. The van der Waals surface area contributed by atoms with Crippen molar-refractivity contribution in [2.45, 2.75) is 77.0 Å². The number of halogens is 2. The molecule has 1 saturated carbocycles. The highest BCUT2D eigenvalue weighted by Gasteiger charge is 2.22. The summed E-state index contributed by atoms with van der Waals surface area (Å²) in [6, 6.07) is 11.0. The highest BCUT2D eigenvalue weighted by atomic mass is 19.2. The predicted octanol–water partition coefficient (Wildman–Crippen LogP) is 8.79. The first-order valence-corrected chi connectivity index (χ1v) is 11.5. The second-order valence-electron chi connectivity index (χ2n) is 8.57. The van der Waals surface area contributed by atoms with E-state index in [1.165, 1.54) is 75.8 Å². The van der Waals surface area contributed by atoms with Crippen LogP contribution in [0.4, 0.5) is 8.78 Å². The number of hydrogen-bond donors (Lipinski definition) is 0. The molecule has 0 aliphatic heterocycles. The first kappa shape index (κ1) is 22.5. The zero-order valence-electron chi connectivity index (χ0n) is 18.1. The molecular weight excluding hydrogens is 378 g/mol. The van der Waals surface area contributed by atoms with E-state index < -0.39 is 11.6 Å². The molecule has 162 valence electrons. The maximum Gasteiger partial charge on any atom is 0.201 e. The fraction of sp³-hybridized carbons (Fsp3) is 0.481. The van der Waals surface area contributed by atoms with Crippen LogP contribution in [0.1, 0.15) is 82.6 Å². The van der Waals surface area contributed by atoms with Crippen molar-refractivity contribution in [3.05, 3.63) is 66.4 Å². The van der Waals surface area contributed by atoms with Gasteiger partial charge in [0.15, 0.2) is 11.6 Å². The van der Waals surface area contributed by atoms with E-state index in [1.807, 2.05) is 12.1 Å². The van der Waals surface area contributed by atoms with Gasteiger partial charge in [-0.15, -0.1) is 0 Å². The largest absolute Gasteiger partial charge is 0.462 e. The summed E-state index contributed by atoms with van der Waals surface area (Å²) in [7, 11) is 0. The summed E-state index contributed by atoms with van der Waals surface area (Å²) in [6.07, 6.45) is 14.4. The van der Waals surface area contributed by atoms with Crippen molar-refractivity contribution >= 4 is 0 Å². The Kier molecular flexibility index (Phi) is 8.48. The molecule has 1 aliphatic rings. The maximum absolute atomic E-state index is 14.5. The van der Waals surface area contributed by atoms with Gasteiger partial charge >= 0.3 is 0 Å². The van der Waals surface area contributed by atoms with E-state index in [0.29, 0.717) is 11.5 Å². The molecule has 0 spiro atoms. The fourth-order valence-electron chi connectivity index (χ4n) is 4.69. The average Bonchev–Trinajstić information content (AvgIpc) is 2.78. The van der Waals surface area contributed by atoms with Crippen LogP contribution < -0.4 is 4.74 Å². The summed E-state index contributed by atoms with van der Waals surface area (Å²) in [5.74, 6) is -0.549. The second-order valence-corrected chi connectivity index (χ2v) is 8.57. The molecule has 0 amide bonds. The molecule has 1 fully saturated rings. The lowest BCUT2D eigenvalue weighted by Gasteiger charge is -2.29. The molecule has 0 atom stereocenters. The summed E-state index contributed by atoms with van der Waals surface area (Å²) in [6.45, 7) is 5.64. The zero-order valence-corrected chi connectivity index (χ0v) is 18.1. The van der Waals surface area contributed by atoms with Crippen LogP contribution >= 0.6 is 0 Å². The lowest BCUT2D eigenvalue weighted by atomic mass is 9.77. The first-order valence-electron chi connectivity index (χ1n) is 11.5. The molecule has 0 N–H and O–H groups in total. The summed E-state index contributed by atoms with van der Waals surface area (Å²) in [5, 5.41) is 0. The molecule has 1 nitrogen and oxygen atoms in total. The molecular formula is C27H34F2O. The number of hydrogen-bond acceptors (Lipinski definition) is 1. The summed E-state index contributed by atoms with van der Waals surface area (Å²) in [5.41, 5.74) is 2.25. The Labute approximate surface area is 180 Å². The number of unbranched alkanes of at least 4 members (excludes halogenated alkanes) is 4. The minimum Gasteiger partial charge on any atom is -0.462 e. The third-order valence-electron chi connectivity index (χ3n) is 6.51. The SMILES string of the molecule is C=COc1ccc(-c2ccc(C3CCC(CCCCCCC)CC3)cc2)c(F)c1F. The van der Waals surface area contributed by atoms with E-state index in [1.54, 1.807) is 6.07 Å². The lowest BCUT2D eigenvalue weighted by Crippen LogP contribution is -2.13. The Bertz CT molecular complexity index is 804. The van der Waals surface area contributed by atoms with Crippen molar-refractivity contribution < 1.29 is 13.5 Å². The molecule has 2 aromatic rings. The van der Waals surface area contributed by atoms with Crippen LogP contribution in [0.5, 0.6) is 5.75 Å². The molecule has 0 heterocycles. The van der Waals surface area contributed by atoms with Crippen LogP contribution in [0, 0.1) is 17.6 Å². The summed E-state index contributed by atoms with van der Waals surface area (Å²) < 4.78 is 33.5. The van der Waals surface area contributed by atoms with Crippen LogP contribution in [0.25, 0.3) is 11.1 Å². The molecule has 0 aromatic heterocycles. The van der Waals surface area contributed by atoms with Crippen LogP contribution in [0.2, 0.25) is 0 Å². The second kappa shape index (κ2) is 11.3. The molecule has 3 heteroatoms. The first-order chi connectivity index (χ1) is 14.6. The Morgan fingerprint density at radius 2 is 1.60 bits per heavy atom. The van der Waals surface area contributed by atoms with Gasteiger partial charge in [0.1, 0.15) is 0 Å². The van der Waals surface area contributed by atoms with Crippen LogP contribution in [0.15, 0.2) is 49.2 Å². The maximum atomic E-state index is 14.5. The fourth-order valence-corrected chi connectivity index (χ4v) is 4.69. The molecule has 3 rings (SSSR count). The van der Waals surface area contributed by atoms with Crippen molar-refractivity contribution in [1.82, 2.24) is 0 Å². The Morgan fingerprint density at radius 1 is 0.900 bits per heavy atom. The summed E-state index contributed by atoms with van der Waals surface area (Å²) in [4.78, 5) is 0. The molecule has 0 radical (unpaired) electrons. The highest BCUT2D eigenvalue weighted by molar-refractivity contribution is 5.65. The van der Waals surface area contributed by atoms with Gasteiger partial charge in [-0.25, -0.2) is 4.39 Å². The van der Waals surface area contributed by atoms with E-state index >= 15 is 0 Å². The van der Waals surface area contributed by atoms with Crippen molar-refractivity contribution in [2.24, 2.45) is 5.92 Å². The van der Waals surface area contributed by atoms with E-state index in [0.717, 1.165) is 12.2 Å². The topological polar surface area (TPSA) is 9.23 Å². The molecule has 2 aromatic carbocycles. The predicted molar refractivity (Wildman–Crippen MR) is 121 cm³/mol. The van der Waals surface area contributed by atoms with Crippen LogP contribution in [0.3, 0.4) is 0 Å². The normalized spacial score (nSPS) is 18.9. The van der Waals surface area contributed by atoms with Gasteiger partial charge < -0.3 is 4.74 Å². The van der Waals surface area contributed by atoms with Gasteiger partial charge in [0.2, 0.25) is 5.82 Å². The highest BCUT2D eigenvalue weighted by Crippen LogP contribution is 2.38. The standard InChI is InChI=1S/C27H34F2O/c1-3-5-6-7-8-9-20-10-12-21(13-11-20)22-14-16-23(17-15-22)24-18-19-25(30-4-2)27(29)26(24)28/h4,14-21H,2-3,5-13H2,1H3. The molecule has 30 heavy (non-hydrogen) atoms. The smallest absolute Gasteiger partial charge is 0.201 e. The monoisotopic (exact) mass is 412 g/mol. The molecule has 0 bridgehead atoms. The van der Waals surface area contributed by atoms with E-state index in [4.69, 9.17) is 4.74 Å². The van der Waals surface area contributed by atoms with Crippen molar-refractivity contribution in [3.8, 4) is 16.9 Å². The van der Waals surface area contributed by atoms with Gasteiger partial charge in [0.25, 0.3) is 0 Å². The number of benzene rings is 2. The van der Waals surface area contributed by atoms with E-state index in [9.17, 15) is 8.78 Å². The van der Waals surface area contributed by atoms with Crippen LogP contribution in [-0.4, -0.2) is 0 Å². The van der Waals surface area contributed by atoms with E-state index in [2.05, 4.69) is 25.6 Å². The lowest BCUT2D eigenvalue weighted by molar-refractivity contribution is 0.302. The van der Waals surface area contributed by atoms with Crippen molar-refractivity contribution in [3.63, 3.8) is 0 Å². The number of ether oxygens (including phenoxy) is 1. The van der Waals surface area contributed by atoms with Gasteiger partial charge in [-0.2, -0.15) is 4.39 Å². The third-order valence-corrected chi connectivity index (χ3v) is 6.51. The average molecular weight is 413 g/mol. The molecule has 0 unspecified atom stereocenters.